The van der Waals surface area contributed by atoms with E-state index in [1.54, 1.807) is 0 Å². The van der Waals surface area contributed by atoms with Crippen LogP contribution < -0.4 is 0 Å². The van der Waals surface area contributed by atoms with Crippen molar-refractivity contribution < 1.29 is 0 Å². The normalized spacial score (nSPS) is 12.1. The van der Waals surface area contributed by atoms with E-state index < -0.39 is 0 Å². The summed E-state index contributed by atoms with van der Waals surface area (Å²) in [5, 5.41) is 10.3. The van der Waals surface area contributed by atoms with E-state index in [4.69, 9.17) is 0 Å². The number of hydrogen-bond acceptors (Lipinski definition) is 2. The maximum Gasteiger partial charge on any atom is 0.0541 e. The molecule has 0 N–H and O–H groups in total. The first kappa shape index (κ1) is 35.8. The second-order valence-corrected chi connectivity index (χ2v) is 18.9. The molecule has 0 fully saturated rings. The van der Waals surface area contributed by atoms with Gasteiger partial charge in [0.2, 0.25) is 0 Å². The Morgan fingerprint density at radius 2 is 0.594 bits per heavy atom. The van der Waals surface area contributed by atoms with Gasteiger partial charge in [0, 0.05) is 73.3 Å². The van der Waals surface area contributed by atoms with Gasteiger partial charge in [-0.2, -0.15) is 0 Å². The molecule has 0 unspecified atom stereocenters. The van der Waals surface area contributed by atoms with Gasteiger partial charge < -0.3 is 9.13 Å². The van der Waals surface area contributed by atoms with Crippen molar-refractivity contribution in [2.75, 3.05) is 0 Å². The Bertz CT molecular complexity index is 3830. The minimum atomic E-state index is 1.19. The molecule has 0 aliphatic rings. The minimum Gasteiger partial charge on any atom is -0.309 e. The number of nitrogens with zero attached hydrogens (tertiary/aromatic N) is 2. The molecule has 0 atom stereocenters. The third-order valence-electron chi connectivity index (χ3n) is 13.3. The van der Waals surface area contributed by atoms with Crippen LogP contribution in [0.15, 0.2) is 218 Å². The Hall–Kier alpha value is -7.76. The second-order valence-electron chi connectivity index (χ2n) is 16.8. The van der Waals surface area contributed by atoms with E-state index in [0.29, 0.717) is 0 Å². The molecule has 0 spiro atoms. The van der Waals surface area contributed by atoms with Crippen LogP contribution in [0.25, 0.3) is 129 Å². The molecule has 0 aliphatic heterocycles. The summed E-state index contributed by atoms with van der Waals surface area (Å²) in [5.74, 6) is 0. The van der Waals surface area contributed by atoms with Gasteiger partial charge in [-0.3, -0.25) is 0 Å². The van der Waals surface area contributed by atoms with Crippen molar-refractivity contribution in [3.63, 3.8) is 0 Å². The molecule has 4 aromatic heterocycles. The highest BCUT2D eigenvalue weighted by Gasteiger charge is 2.18. The zero-order valence-corrected chi connectivity index (χ0v) is 36.1. The fraction of sp³-hybridized carbons (Fsp3) is 0. The molecule has 0 amide bonds. The molecule has 0 aliphatic carbocycles. The molecule has 0 radical (unpaired) electrons. The Labute approximate surface area is 376 Å². The minimum absolute atomic E-state index is 1.19. The average Bonchev–Trinajstić information content (AvgIpc) is 4.11. The molecule has 14 aromatic rings. The summed E-state index contributed by atoms with van der Waals surface area (Å²) < 4.78 is 10.1. The lowest BCUT2D eigenvalue weighted by Crippen LogP contribution is -1.93. The molecule has 0 saturated heterocycles. The Morgan fingerprint density at radius 1 is 0.250 bits per heavy atom. The Morgan fingerprint density at radius 3 is 1.00 bits per heavy atom. The van der Waals surface area contributed by atoms with Crippen molar-refractivity contribution in [3.8, 4) is 44.8 Å². The summed E-state index contributed by atoms with van der Waals surface area (Å²) in [6.45, 7) is 0. The first-order valence-corrected chi connectivity index (χ1v) is 23.5. The second kappa shape index (κ2) is 13.9. The SMILES string of the molecule is c1cc(-c2cccc(-c3cccc4c3sc3ccc(-n5c6ccccc6c6ccccc65)cc34)c2)cc(-c2cccc3c2sc2ccc(-n4c5ccccc5c5ccccc54)cc23)c1. The Balaban J connectivity index is 0.842. The molecule has 10 aromatic carbocycles. The van der Waals surface area contributed by atoms with Gasteiger partial charge in [-0.1, -0.05) is 146 Å². The summed E-state index contributed by atoms with van der Waals surface area (Å²) in [4.78, 5) is 0. The van der Waals surface area contributed by atoms with E-state index in [0.717, 1.165) is 0 Å². The maximum atomic E-state index is 2.42. The van der Waals surface area contributed by atoms with Crippen molar-refractivity contribution in [1.82, 2.24) is 9.13 Å². The standard InChI is InChI=1S/C60H36N2S2/c1-5-25-53-45(17-1)46-18-2-6-26-54(46)61(53)41-29-31-57-51(35-41)49-23-11-21-43(59(49)63-57)39-15-9-13-37(33-39)38-14-10-16-40(34-38)44-22-12-24-50-52-36-42(30-32-58(52)64-60(44)50)62-55-27-7-3-19-47(55)48-20-4-8-28-56(48)62/h1-36H. The molecule has 4 heterocycles. The highest BCUT2D eigenvalue weighted by atomic mass is 32.1. The van der Waals surface area contributed by atoms with Crippen LogP contribution in [0.4, 0.5) is 0 Å². The third kappa shape index (κ3) is 5.30. The zero-order chi connectivity index (χ0) is 41.9. The first-order valence-electron chi connectivity index (χ1n) is 21.8. The molecule has 14 rings (SSSR count). The predicted octanol–water partition coefficient (Wildman–Crippen LogP) is 17.6. The summed E-state index contributed by atoms with van der Waals surface area (Å²) in [6.07, 6.45) is 0. The van der Waals surface area contributed by atoms with Crippen LogP contribution in [0.2, 0.25) is 0 Å². The predicted molar refractivity (Wildman–Crippen MR) is 277 cm³/mol. The number of para-hydroxylation sites is 4. The average molecular weight is 849 g/mol. The summed E-state index contributed by atoms with van der Waals surface area (Å²) >= 11 is 3.78. The highest BCUT2D eigenvalue weighted by molar-refractivity contribution is 7.26. The number of fused-ring (bicyclic) bond motifs is 12. The van der Waals surface area contributed by atoms with Crippen LogP contribution >= 0.6 is 22.7 Å². The van der Waals surface area contributed by atoms with E-state index in [1.807, 2.05) is 22.7 Å². The molecule has 0 bridgehead atoms. The lowest BCUT2D eigenvalue weighted by Gasteiger charge is -2.10. The third-order valence-corrected chi connectivity index (χ3v) is 15.8. The smallest absolute Gasteiger partial charge is 0.0541 e. The maximum absolute atomic E-state index is 2.42. The summed E-state index contributed by atoms with van der Waals surface area (Å²) in [7, 11) is 0. The zero-order valence-electron chi connectivity index (χ0n) is 34.5. The highest BCUT2D eigenvalue weighted by Crippen LogP contribution is 2.45. The molecular formula is C60H36N2S2. The number of benzene rings is 10. The van der Waals surface area contributed by atoms with Gasteiger partial charge >= 0.3 is 0 Å². The van der Waals surface area contributed by atoms with E-state index in [2.05, 4.69) is 228 Å². The fourth-order valence-electron chi connectivity index (χ4n) is 10.4. The van der Waals surface area contributed by atoms with Crippen molar-refractivity contribution in [3.05, 3.63) is 218 Å². The van der Waals surface area contributed by atoms with E-state index in [1.165, 1.54) is 129 Å². The molecule has 2 nitrogen and oxygen atoms in total. The van der Waals surface area contributed by atoms with Gasteiger partial charge in [-0.15, -0.1) is 22.7 Å². The van der Waals surface area contributed by atoms with Gasteiger partial charge in [-0.05, 0) is 106 Å². The van der Waals surface area contributed by atoms with Crippen LogP contribution in [-0.4, -0.2) is 9.13 Å². The van der Waals surface area contributed by atoms with Gasteiger partial charge in [0.15, 0.2) is 0 Å². The van der Waals surface area contributed by atoms with Gasteiger partial charge in [-0.25, -0.2) is 0 Å². The molecule has 64 heavy (non-hydrogen) atoms. The largest absolute Gasteiger partial charge is 0.309 e. The van der Waals surface area contributed by atoms with Crippen molar-refractivity contribution >= 4 is 107 Å². The van der Waals surface area contributed by atoms with Crippen molar-refractivity contribution in [1.29, 1.82) is 0 Å². The van der Waals surface area contributed by atoms with Gasteiger partial charge in [0.05, 0.1) is 22.1 Å². The van der Waals surface area contributed by atoms with Gasteiger partial charge in [0.25, 0.3) is 0 Å². The monoisotopic (exact) mass is 848 g/mol. The van der Waals surface area contributed by atoms with Crippen LogP contribution in [0.3, 0.4) is 0 Å². The lowest BCUT2D eigenvalue weighted by molar-refractivity contribution is 1.19. The van der Waals surface area contributed by atoms with Crippen molar-refractivity contribution in [2.24, 2.45) is 0 Å². The first-order chi connectivity index (χ1) is 31.7. The van der Waals surface area contributed by atoms with Crippen LogP contribution in [-0.2, 0) is 0 Å². The summed E-state index contributed by atoms with van der Waals surface area (Å²) in [5.41, 5.74) is 14.7. The molecule has 0 saturated carbocycles. The van der Waals surface area contributed by atoms with Crippen molar-refractivity contribution in [2.45, 2.75) is 0 Å². The topological polar surface area (TPSA) is 9.86 Å². The Kier molecular flexibility index (Phi) is 7.76. The van der Waals surface area contributed by atoms with E-state index in [-0.39, 0.29) is 0 Å². The van der Waals surface area contributed by atoms with E-state index >= 15 is 0 Å². The number of rotatable bonds is 5. The summed E-state index contributed by atoms with van der Waals surface area (Å²) in [6, 6.07) is 80.8. The number of thiophene rings is 2. The quantitative estimate of drug-likeness (QED) is 0.163. The van der Waals surface area contributed by atoms with Crippen LogP contribution in [0.1, 0.15) is 0 Å². The molecule has 4 heteroatoms. The number of aromatic nitrogens is 2. The van der Waals surface area contributed by atoms with Crippen LogP contribution in [0.5, 0.6) is 0 Å². The van der Waals surface area contributed by atoms with E-state index in [9.17, 15) is 0 Å². The fourth-order valence-corrected chi connectivity index (χ4v) is 12.9. The lowest BCUT2D eigenvalue weighted by atomic mass is 9.95. The molecule has 298 valence electrons. The number of hydrogen-bond donors (Lipinski definition) is 0. The van der Waals surface area contributed by atoms with Crippen LogP contribution in [0, 0.1) is 0 Å². The molecular weight excluding hydrogens is 813 g/mol. The van der Waals surface area contributed by atoms with Gasteiger partial charge in [0.1, 0.15) is 0 Å².